The van der Waals surface area contributed by atoms with Gasteiger partial charge in [-0.1, -0.05) is 31.9 Å². The van der Waals surface area contributed by atoms with Crippen LogP contribution in [-0.4, -0.2) is 17.8 Å². The summed E-state index contributed by atoms with van der Waals surface area (Å²) in [7, 11) is 0. The Hall–Kier alpha value is -1.02. The first-order chi connectivity index (χ1) is 8.83. The maximum Gasteiger partial charge on any atom is 0.0434 e. The second-order valence-electron chi connectivity index (χ2n) is 5.38. The van der Waals surface area contributed by atoms with E-state index in [4.69, 9.17) is 5.11 Å². The van der Waals surface area contributed by atoms with Gasteiger partial charge in [0.2, 0.25) is 0 Å². The fourth-order valence-electron chi connectivity index (χ4n) is 3.03. The fraction of sp³-hybridized carbons (Fsp3) is 0.625. The van der Waals surface area contributed by atoms with Crippen molar-refractivity contribution in [3.05, 3.63) is 29.8 Å². The van der Waals surface area contributed by atoms with Crippen LogP contribution in [0.25, 0.3) is 0 Å². The molecule has 1 aromatic rings. The Morgan fingerprint density at radius 2 is 2.22 bits per heavy atom. The van der Waals surface area contributed by atoms with Crippen molar-refractivity contribution in [1.82, 2.24) is 0 Å². The standard InChI is InChI=1S/C16H25NO/c1-2-14-8-4-10-16(14)17-15-9-3-6-13(12-15)7-5-11-18/h3,6,9,12,14,16-18H,2,4-5,7-8,10-11H2,1H3. The van der Waals surface area contributed by atoms with Crippen molar-refractivity contribution in [2.45, 2.75) is 51.5 Å². The van der Waals surface area contributed by atoms with E-state index in [2.05, 4.69) is 36.5 Å². The van der Waals surface area contributed by atoms with Crippen LogP contribution in [-0.2, 0) is 6.42 Å². The highest BCUT2D eigenvalue weighted by Crippen LogP contribution is 2.30. The van der Waals surface area contributed by atoms with Crippen LogP contribution in [0.4, 0.5) is 5.69 Å². The molecule has 2 rings (SSSR count). The van der Waals surface area contributed by atoms with Gasteiger partial charge in [0.25, 0.3) is 0 Å². The lowest BCUT2D eigenvalue weighted by molar-refractivity contribution is 0.288. The molecule has 1 aliphatic rings. The summed E-state index contributed by atoms with van der Waals surface area (Å²) in [5, 5.41) is 12.6. The second-order valence-corrected chi connectivity index (χ2v) is 5.38. The molecule has 1 aromatic carbocycles. The quantitative estimate of drug-likeness (QED) is 0.805. The smallest absolute Gasteiger partial charge is 0.0434 e. The zero-order chi connectivity index (χ0) is 12.8. The summed E-state index contributed by atoms with van der Waals surface area (Å²) in [5.74, 6) is 0.839. The molecule has 0 radical (unpaired) electrons. The van der Waals surface area contributed by atoms with Gasteiger partial charge < -0.3 is 10.4 Å². The molecule has 0 saturated heterocycles. The third kappa shape index (κ3) is 3.49. The van der Waals surface area contributed by atoms with E-state index in [1.807, 2.05) is 0 Å². The number of benzene rings is 1. The SMILES string of the molecule is CCC1CCCC1Nc1cccc(CCCO)c1. The molecule has 1 aliphatic carbocycles. The first kappa shape index (κ1) is 13.4. The van der Waals surface area contributed by atoms with Crippen molar-refractivity contribution in [3.8, 4) is 0 Å². The number of aliphatic hydroxyl groups is 1. The van der Waals surface area contributed by atoms with Gasteiger partial charge in [-0.25, -0.2) is 0 Å². The molecule has 0 aliphatic heterocycles. The van der Waals surface area contributed by atoms with Crippen molar-refractivity contribution in [3.63, 3.8) is 0 Å². The fourth-order valence-corrected chi connectivity index (χ4v) is 3.03. The molecule has 0 bridgehead atoms. The van der Waals surface area contributed by atoms with Gasteiger partial charge in [-0.05, 0) is 49.3 Å². The number of aliphatic hydroxyl groups excluding tert-OH is 1. The highest BCUT2D eigenvalue weighted by molar-refractivity contribution is 5.46. The lowest BCUT2D eigenvalue weighted by atomic mass is 10.00. The molecule has 18 heavy (non-hydrogen) atoms. The summed E-state index contributed by atoms with van der Waals surface area (Å²) in [6.45, 7) is 2.57. The van der Waals surface area contributed by atoms with Crippen molar-refractivity contribution in [2.75, 3.05) is 11.9 Å². The third-order valence-electron chi connectivity index (χ3n) is 4.09. The molecule has 2 nitrogen and oxygen atoms in total. The van der Waals surface area contributed by atoms with Gasteiger partial charge >= 0.3 is 0 Å². The van der Waals surface area contributed by atoms with Crippen LogP contribution in [0.2, 0.25) is 0 Å². The number of nitrogens with one attached hydrogen (secondary N) is 1. The van der Waals surface area contributed by atoms with Gasteiger partial charge in [0.05, 0.1) is 0 Å². The maximum absolute atomic E-state index is 8.88. The molecular formula is C16H25NO. The zero-order valence-electron chi connectivity index (χ0n) is 11.4. The van der Waals surface area contributed by atoms with Gasteiger partial charge in [0.1, 0.15) is 0 Å². The summed E-state index contributed by atoms with van der Waals surface area (Å²) in [6.07, 6.45) is 7.14. The average Bonchev–Trinajstić information content (AvgIpc) is 2.84. The van der Waals surface area contributed by atoms with E-state index in [-0.39, 0.29) is 6.61 Å². The van der Waals surface area contributed by atoms with Crippen molar-refractivity contribution in [2.24, 2.45) is 5.92 Å². The van der Waals surface area contributed by atoms with E-state index in [0.717, 1.165) is 18.8 Å². The van der Waals surface area contributed by atoms with Crippen molar-refractivity contribution >= 4 is 5.69 Å². The van der Waals surface area contributed by atoms with Gasteiger partial charge in [-0.2, -0.15) is 0 Å². The number of hydrogen-bond donors (Lipinski definition) is 2. The Labute approximate surface area is 110 Å². The largest absolute Gasteiger partial charge is 0.396 e. The Balaban J connectivity index is 1.96. The predicted octanol–water partition coefficient (Wildman–Crippen LogP) is 3.60. The predicted molar refractivity (Wildman–Crippen MR) is 76.9 cm³/mol. The summed E-state index contributed by atoms with van der Waals surface area (Å²) >= 11 is 0. The second kappa shape index (κ2) is 6.79. The van der Waals surface area contributed by atoms with Crippen LogP contribution >= 0.6 is 0 Å². The monoisotopic (exact) mass is 247 g/mol. The molecular weight excluding hydrogens is 222 g/mol. The molecule has 0 amide bonds. The molecule has 2 heteroatoms. The van der Waals surface area contributed by atoms with Crippen LogP contribution in [0, 0.1) is 5.92 Å². The van der Waals surface area contributed by atoms with E-state index in [9.17, 15) is 0 Å². The summed E-state index contributed by atoms with van der Waals surface area (Å²) in [5.41, 5.74) is 2.57. The van der Waals surface area contributed by atoms with Gasteiger partial charge in [-0.3, -0.25) is 0 Å². The van der Waals surface area contributed by atoms with Crippen LogP contribution in [0.15, 0.2) is 24.3 Å². The van der Waals surface area contributed by atoms with E-state index in [1.54, 1.807) is 0 Å². The lowest BCUT2D eigenvalue weighted by Crippen LogP contribution is -2.23. The van der Waals surface area contributed by atoms with E-state index in [0.29, 0.717) is 6.04 Å². The van der Waals surface area contributed by atoms with Crippen LogP contribution < -0.4 is 5.32 Å². The Morgan fingerprint density at radius 3 is 3.00 bits per heavy atom. The minimum Gasteiger partial charge on any atom is -0.396 e. The molecule has 2 N–H and O–H groups in total. The molecule has 1 fully saturated rings. The van der Waals surface area contributed by atoms with Crippen LogP contribution in [0.3, 0.4) is 0 Å². The number of aryl methyl sites for hydroxylation is 1. The highest BCUT2D eigenvalue weighted by Gasteiger charge is 2.25. The van der Waals surface area contributed by atoms with Crippen LogP contribution in [0.5, 0.6) is 0 Å². The Bertz CT molecular complexity index is 364. The molecule has 2 unspecified atom stereocenters. The first-order valence-corrected chi connectivity index (χ1v) is 7.30. The number of hydrogen-bond acceptors (Lipinski definition) is 2. The van der Waals surface area contributed by atoms with Crippen molar-refractivity contribution in [1.29, 1.82) is 0 Å². The molecule has 0 aromatic heterocycles. The average molecular weight is 247 g/mol. The molecule has 0 heterocycles. The normalized spacial score (nSPS) is 23.2. The van der Waals surface area contributed by atoms with E-state index in [1.165, 1.54) is 36.9 Å². The topological polar surface area (TPSA) is 32.3 Å². The van der Waals surface area contributed by atoms with Gasteiger partial charge in [-0.15, -0.1) is 0 Å². The molecule has 1 saturated carbocycles. The first-order valence-electron chi connectivity index (χ1n) is 7.30. The maximum atomic E-state index is 8.88. The van der Waals surface area contributed by atoms with E-state index < -0.39 is 0 Å². The van der Waals surface area contributed by atoms with Gasteiger partial charge in [0, 0.05) is 18.3 Å². The Kier molecular flexibility index (Phi) is 5.06. The minimum atomic E-state index is 0.276. The third-order valence-corrected chi connectivity index (χ3v) is 4.09. The summed E-state index contributed by atoms with van der Waals surface area (Å²) < 4.78 is 0. The molecule has 0 spiro atoms. The van der Waals surface area contributed by atoms with Crippen LogP contribution in [0.1, 0.15) is 44.6 Å². The molecule has 2 atom stereocenters. The van der Waals surface area contributed by atoms with Gasteiger partial charge in [0.15, 0.2) is 0 Å². The number of rotatable bonds is 6. The zero-order valence-corrected chi connectivity index (χ0v) is 11.4. The molecule has 100 valence electrons. The summed E-state index contributed by atoms with van der Waals surface area (Å²) in [6, 6.07) is 9.31. The van der Waals surface area contributed by atoms with Crippen molar-refractivity contribution < 1.29 is 5.11 Å². The minimum absolute atomic E-state index is 0.276. The highest BCUT2D eigenvalue weighted by atomic mass is 16.2. The lowest BCUT2D eigenvalue weighted by Gasteiger charge is -2.21. The summed E-state index contributed by atoms with van der Waals surface area (Å²) in [4.78, 5) is 0. The van der Waals surface area contributed by atoms with E-state index >= 15 is 0 Å². The number of anilines is 1. The Morgan fingerprint density at radius 1 is 1.33 bits per heavy atom.